The number of H-pyrrole nitrogens is 1. The third-order valence-corrected chi connectivity index (χ3v) is 17.3. The van der Waals surface area contributed by atoms with Gasteiger partial charge < -0.3 is 40.4 Å². The van der Waals surface area contributed by atoms with Crippen LogP contribution in [0.5, 0.6) is 0 Å². The first-order chi connectivity index (χ1) is 37.9. The number of unbranched alkanes of at least 4 members (excludes halogenated alkanes) is 7. The van der Waals surface area contributed by atoms with E-state index in [1.165, 1.54) is 26.0 Å². The number of rotatable bonds is 20. The van der Waals surface area contributed by atoms with Crippen molar-refractivity contribution in [3.8, 4) is 21.6 Å². The minimum absolute atomic E-state index is 0.00652. The van der Waals surface area contributed by atoms with Crippen molar-refractivity contribution in [1.29, 1.82) is 0 Å². The molecule has 3 aliphatic rings. The van der Waals surface area contributed by atoms with Gasteiger partial charge in [-0.2, -0.15) is 0 Å². The number of sulfone groups is 1. The lowest BCUT2D eigenvalue weighted by molar-refractivity contribution is -0.139. The van der Waals surface area contributed by atoms with Crippen LogP contribution in [0.1, 0.15) is 125 Å². The molecule has 7 heterocycles. The fourth-order valence-electron chi connectivity index (χ4n) is 11.2. The van der Waals surface area contributed by atoms with Crippen LogP contribution in [0.3, 0.4) is 0 Å². The molecule has 1 fully saturated rings. The Hall–Kier alpha value is -7.10. The average molecular weight is 1130 g/mol. The number of pyridine rings is 2. The van der Waals surface area contributed by atoms with Crippen molar-refractivity contribution in [2.24, 2.45) is 17.5 Å². The summed E-state index contributed by atoms with van der Waals surface area (Å²) < 4.78 is 56.7. The highest BCUT2D eigenvalue weighted by molar-refractivity contribution is 7.89. The van der Waals surface area contributed by atoms with Crippen molar-refractivity contribution >= 4 is 73.0 Å². The number of benzene rings is 2. The summed E-state index contributed by atoms with van der Waals surface area (Å²) in [6.45, 7) is 9.78. The number of aromatic nitrogens is 3. The number of nitrogens with one attached hydrogen (secondary N) is 4. The van der Waals surface area contributed by atoms with Crippen molar-refractivity contribution in [1.82, 2.24) is 35.4 Å². The van der Waals surface area contributed by atoms with Crippen molar-refractivity contribution in [2.75, 3.05) is 24.2 Å². The highest BCUT2D eigenvalue weighted by atomic mass is 32.2. The van der Waals surface area contributed by atoms with E-state index in [0.717, 1.165) is 61.4 Å². The van der Waals surface area contributed by atoms with E-state index in [9.17, 15) is 41.9 Å². The maximum absolute atomic E-state index is 15.6. The van der Waals surface area contributed by atoms with Crippen LogP contribution >= 0.6 is 11.3 Å². The first-order valence-corrected chi connectivity index (χ1v) is 30.1. The van der Waals surface area contributed by atoms with Crippen LogP contribution in [0.4, 0.5) is 20.3 Å². The lowest BCUT2D eigenvalue weighted by Crippen LogP contribution is -2.57. The van der Waals surface area contributed by atoms with Crippen LogP contribution in [0, 0.1) is 24.0 Å². The number of nitrogens with zero attached hydrogens (tertiary/aromatic N) is 5. The molecule has 0 aliphatic carbocycles. The van der Waals surface area contributed by atoms with Gasteiger partial charge in [0.15, 0.2) is 27.0 Å². The Morgan fingerprint density at radius 3 is 2.34 bits per heavy atom. The lowest BCUT2D eigenvalue weighted by Gasteiger charge is -2.35. The van der Waals surface area contributed by atoms with Crippen molar-refractivity contribution in [3.05, 3.63) is 122 Å². The number of aliphatic hydroxyl groups excluding tert-OH is 1. The van der Waals surface area contributed by atoms with E-state index < -0.39 is 62.3 Å². The second-order valence-corrected chi connectivity index (χ2v) is 25.9. The predicted molar refractivity (Wildman–Crippen MR) is 306 cm³/mol. The number of β-amino-alcohol motifs (C(OH)–C–C–N with tert-alkyl or cyclic N) is 1. The number of carbonyl (C=O) groups excluding carboxylic acids is 4. The summed E-state index contributed by atoms with van der Waals surface area (Å²) in [5.41, 5.74) is 3.22. The standard InChI is InChI=1S/C59H69F2N9O8S2/c1-34-21-23-79-50(34)35-17-19-38(20-18-35)59(5)57(76)66-52(67-59)46-26-40(71)31-70(46)56(75)51(58(2,3)4)65-47(72)16-14-12-10-8-9-11-13-15-22-62-54(73)41-27-45-42(24-36(41)33-80(7,77)78)43-32-68(6)55(74)49-48(43)37(28-63-49)30-69(45)53-44(61)25-39(60)29-64-53/h17-21,23-25,27-29,32,40,46,51,63,71H,8-16,22,26,30-31,33H2,1-7H3,(H,62,73)(H,65,72)(H,66,67,76). The Labute approximate surface area is 468 Å². The van der Waals surface area contributed by atoms with E-state index in [4.69, 9.17) is 4.99 Å². The maximum Gasteiger partial charge on any atom is 0.274 e. The maximum atomic E-state index is 15.6. The van der Waals surface area contributed by atoms with Crippen molar-refractivity contribution in [3.63, 3.8) is 0 Å². The Morgan fingerprint density at radius 1 is 0.975 bits per heavy atom. The number of aromatic amines is 1. The first kappa shape index (κ1) is 57.6. The van der Waals surface area contributed by atoms with E-state index in [0.29, 0.717) is 70.1 Å². The number of likely N-dealkylation sites (tertiary alicyclic amines) is 1. The summed E-state index contributed by atoms with van der Waals surface area (Å²) in [5.74, 6) is -3.64. The zero-order valence-corrected chi connectivity index (χ0v) is 47.8. The summed E-state index contributed by atoms with van der Waals surface area (Å²) in [6.07, 6.45) is 11.4. The van der Waals surface area contributed by atoms with Gasteiger partial charge in [-0.3, -0.25) is 24.0 Å². The van der Waals surface area contributed by atoms with Crippen molar-refractivity contribution < 1.29 is 41.5 Å². The fraction of sp³-hybridized carbons (Fsp3) is 0.441. The quantitative estimate of drug-likeness (QED) is 0.0457. The molecular weight excluding hydrogens is 1060 g/mol. The number of hydrogen-bond donors (Lipinski definition) is 5. The number of halogens is 2. The van der Waals surface area contributed by atoms with Gasteiger partial charge in [-0.05, 0) is 83.5 Å². The van der Waals surface area contributed by atoms with Gasteiger partial charge in [0.25, 0.3) is 17.4 Å². The first-order valence-electron chi connectivity index (χ1n) is 27.2. The molecule has 4 aromatic heterocycles. The normalized spacial score (nSPS) is 18.5. The minimum Gasteiger partial charge on any atom is -0.391 e. The number of anilines is 2. The summed E-state index contributed by atoms with van der Waals surface area (Å²) in [6, 6.07) is 12.1. The third kappa shape index (κ3) is 12.1. The number of carbonyl (C=O) groups is 4. The molecule has 424 valence electrons. The lowest BCUT2D eigenvalue weighted by atomic mass is 9.85. The number of aliphatic hydroxyl groups is 1. The Morgan fingerprint density at radius 2 is 1.68 bits per heavy atom. The van der Waals surface area contributed by atoms with E-state index in [1.54, 1.807) is 43.8 Å². The zero-order chi connectivity index (χ0) is 57.4. The molecule has 1 saturated heterocycles. The summed E-state index contributed by atoms with van der Waals surface area (Å²) in [4.78, 5) is 84.8. The Kier molecular flexibility index (Phi) is 16.7. The molecule has 21 heteroatoms. The topological polar surface area (TPSA) is 228 Å². The molecule has 0 spiro atoms. The number of amides is 4. The van der Waals surface area contributed by atoms with Gasteiger partial charge in [0, 0.05) is 84.6 Å². The molecule has 4 unspecified atom stereocenters. The van der Waals surface area contributed by atoms with Crippen molar-refractivity contribution in [2.45, 2.75) is 135 Å². The molecule has 0 saturated carbocycles. The fourth-order valence-corrected chi connectivity index (χ4v) is 12.9. The predicted octanol–water partition coefficient (Wildman–Crippen LogP) is 8.62. The molecular formula is C59H69F2N9O8S2. The van der Waals surface area contributed by atoms with Crippen LogP contribution in [-0.4, -0.2) is 100.0 Å². The molecule has 17 nitrogen and oxygen atoms in total. The van der Waals surface area contributed by atoms with Crippen LogP contribution in [0.2, 0.25) is 0 Å². The minimum atomic E-state index is -3.67. The number of hydrogen-bond acceptors (Lipinski definition) is 12. The molecule has 0 radical (unpaired) electrons. The molecule has 3 aliphatic heterocycles. The van der Waals surface area contributed by atoms with Gasteiger partial charge in [-0.25, -0.2) is 27.2 Å². The molecule has 4 amide bonds. The molecule has 0 bridgehead atoms. The number of amidine groups is 1. The number of thiophene rings is 1. The van der Waals surface area contributed by atoms with Crippen LogP contribution in [0.25, 0.3) is 32.5 Å². The molecule has 4 atom stereocenters. The van der Waals surface area contributed by atoms with Gasteiger partial charge in [0.2, 0.25) is 11.8 Å². The molecule has 9 rings (SSSR count). The number of aryl methyl sites for hydroxylation is 2. The smallest absolute Gasteiger partial charge is 0.274 e. The number of fused-ring (bicyclic) bond motifs is 2. The van der Waals surface area contributed by atoms with Crippen LogP contribution in [0.15, 0.2) is 82.3 Å². The monoisotopic (exact) mass is 1130 g/mol. The highest BCUT2D eigenvalue weighted by Gasteiger charge is 2.49. The second kappa shape index (κ2) is 23.2. The summed E-state index contributed by atoms with van der Waals surface area (Å²) in [7, 11) is -2.09. The third-order valence-electron chi connectivity index (χ3n) is 15.4. The Bertz CT molecular complexity index is 3590. The molecule has 5 N–H and O–H groups in total. The number of aliphatic imine (C=N–C) groups is 1. The average Bonchev–Trinajstić information content (AvgIpc) is 4.32. The highest BCUT2D eigenvalue weighted by Crippen LogP contribution is 2.45. The second-order valence-electron chi connectivity index (χ2n) is 22.8. The van der Waals surface area contributed by atoms with Gasteiger partial charge >= 0.3 is 0 Å². The van der Waals surface area contributed by atoms with Gasteiger partial charge in [-0.15, -0.1) is 11.3 Å². The largest absolute Gasteiger partial charge is 0.391 e. The van der Waals surface area contributed by atoms with Crippen LogP contribution in [-0.2, 0) is 49.1 Å². The molecule has 80 heavy (non-hydrogen) atoms. The van der Waals surface area contributed by atoms with Crippen LogP contribution < -0.4 is 26.4 Å². The Balaban J connectivity index is 0.753. The van der Waals surface area contributed by atoms with E-state index in [-0.39, 0.29) is 66.2 Å². The molecule has 2 aromatic carbocycles. The van der Waals surface area contributed by atoms with Gasteiger partial charge in [0.1, 0.15) is 23.2 Å². The van der Waals surface area contributed by atoms with Gasteiger partial charge in [-0.1, -0.05) is 83.6 Å². The SMILES string of the molecule is Cc1ccsc1-c1ccc(C2(C)N=C(C3CC(O)CN3C(=O)C(NC(=O)CCCCCCCCCCNC(=O)c3cc4c(cc3CS(C)(=O)=O)-c3cn(C)c(=O)c5[nH]cc(c35)CN4c3ncc(F)cc3F)C(C)(C)C)NC2=O)cc1. The summed E-state index contributed by atoms with van der Waals surface area (Å²) in [5, 5.41) is 22.3. The van der Waals surface area contributed by atoms with Gasteiger partial charge in [0.05, 0.1) is 36.3 Å². The summed E-state index contributed by atoms with van der Waals surface area (Å²) >= 11 is 1.65. The zero-order valence-electron chi connectivity index (χ0n) is 46.2. The van der Waals surface area contributed by atoms with E-state index in [2.05, 4.69) is 38.9 Å². The van der Waals surface area contributed by atoms with E-state index >= 15 is 4.39 Å². The molecule has 6 aromatic rings. The van der Waals surface area contributed by atoms with E-state index in [1.807, 2.05) is 50.4 Å².